The van der Waals surface area contributed by atoms with Gasteiger partial charge in [0.2, 0.25) is 0 Å². The number of aromatic nitrogens is 3. The van der Waals surface area contributed by atoms with Crippen molar-refractivity contribution in [2.75, 3.05) is 45.1 Å². The van der Waals surface area contributed by atoms with Crippen molar-refractivity contribution in [1.29, 1.82) is 0 Å². The Morgan fingerprint density at radius 1 is 1.26 bits per heavy atom. The SMILES string of the molecule is CC(C)(C)OC(=O)N1CCOC2(CCCN(CC3CCC(n4ccc5c(N)ncnc54)O3)C2)C1. The zero-order valence-corrected chi connectivity index (χ0v) is 20.4. The lowest BCUT2D eigenvalue weighted by molar-refractivity contribution is -0.141. The van der Waals surface area contributed by atoms with Gasteiger partial charge in [-0.15, -0.1) is 0 Å². The number of piperidine rings is 1. The van der Waals surface area contributed by atoms with Crippen LogP contribution >= 0.6 is 0 Å². The fourth-order valence-corrected chi connectivity index (χ4v) is 5.46. The average Bonchev–Trinajstić information content (AvgIpc) is 3.40. The van der Waals surface area contributed by atoms with Crippen LogP contribution in [0.1, 0.15) is 52.7 Å². The first-order valence-electron chi connectivity index (χ1n) is 12.3. The van der Waals surface area contributed by atoms with E-state index < -0.39 is 5.60 Å². The molecule has 5 heterocycles. The highest BCUT2D eigenvalue weighted by Crippen LogP contribution is 2.34. The number of likely N-dealkylation sites (tertiary alicyclic amines) is 1. The molecule has 0 bridgehead atoms. The molecule has 2 N–H and O–H groups in total. The van der Waals surface area contributed by atoms with Crippen LogP contribution in [0.15, 0.2) is 18.6 Å². The first-order valence-corrected chi connectivity index (χ1v) is 12.3. The predicted molar refractivity (Wildman–Crippen MR) is 127 cm³/mol. The Hall–Kier alpha value is -2.43. The van der Waals surface area contributed by atoms with Crippen molar-refractivity contribution in [2.24, 2.45) is 0 Å². The number of nitrogens with two attached hydrogens (primary N) is 1. The molecule has 1 amide bonds. The molecule has 34 heavy (non-hydrogen) atoms. The van der Waals surface area contributed by atoms with Crippen molar-refractivity contribution in [3.05, 3.63) is 18.6 Å². The van der Waals surface area contributed by atoms with Gasteiger partial charge in [-0.2, -0.15) is 0 Å². The Labute approximate surface area is 200 Å². The molecule has 3 aliphatic rings. The first-order chi connectivity index (χ1) is 16.2. The summed E-state index contributed by atoms with van der Waals surface area (Å²) in [5.41, 5.74) is 5.97. The molecule has 10 heteroatoms. The fraction of sp³-hybridized carbons (Fsp3) is 0.708. The van der Waals surface area contributed by atoms with Gasteiger partial charge in [0.25, 0.3) is 0 Å². The molecule has 0 aromatic carbocycles. The van der Waals surface area contributed by atoms with Crippen molar-refractivity contribution >= 4 is 22.9 Å². The Bertz CT molecular complexity index is 1030. The van der Waals surface area contributed by atoms with E-state index in [4.69, 9.17) is 19.9 Å². The Morgan fingerprint density at radius 3 is 2.94 bits per heavy atom. The lowest BCUT2D eigenvalue weighted by Gasteiger charge is -2.48. The molecule has 3 saturated heterocycles. The van der Waals surface area contributed by atoms with Crippen molar-refractivity contribution in [1.82, 2.24) is 24.3 Å². The second-order valence-electron chi connectivity index (χ2n) is 10.8. The van der Waals surface area contributed by atoms with Gasteiger partial charge in [0.15, 0.2) is 0 Å². The largest absolute Gasteiger partial charge is 0.444 e. The van der Waals surface area contributed by atoms with E-state index in [1.807, 2.05) is 37.9 Å². The summed E-state index contributed by atoms with van der Waals surface area (Å²) in [6.07, 6.45) is 7.23. The number of hydrogen-bond donors (Lipinski definition) is 1. The number of amides is 1. The molecule has 3 atom stereocenters. The molecule has 3 aliphatic heterocycles. The van der Waals surface area contributed by atoms with Crippen molar-refractivity contribution in [3.8, 4) is 0 Å². The van der Waals surface area contributed by atoms with Gasteiger partial charge in [-0.3, -0.25) is 4.90 Å². The second-order valence-corrected chi connectivity index (χ2v) is 10.8. The quantitative estimate of drug-likeness (QED) is 0.727. The predicted octanol–water partition coefficient (Wildman–Crippen LogP) is 2.79. The summed E-state index contributed by atoms with van der Waals surface area (Å²) in [4.78, 5) is 25.4. The Morgan fingerprint density at radius 2 is 2.12 bits per heavy atom. The topological polar surface area (TPSA) is 108 Å². The standard InChI is InChI=1S/C24H36N6O4/c1-23(2,3)34-22(31)29-11-12-32-24(15-29)8-4-9-28(14-24)13-17-5-6-19(33-17)30-10-7-18-20(25)26-16-27-21(18)30/h7,10,16-17,19H,4-6,8-9,11-15H2,1-3H3,(H2,25,26,27). The lowest BCUT2D eigenvalue weighted by Crippen LogP contribution is -2.61. The highest BCUT2D eigenvalue weighted by atomic mass is 16.6. The number of nitrogens with zero attached hydrogens (tertiary/aromatic N) is 5. The first kappa shape index (κ1) is 23.3. The molecule has 10 nitrogen and oxygen atoms in total. The van der Waals surface area contributed by atoms with Gasteiger partial charge in [-0.1, -0.05) is 0 Å². The molecule has 0 aliphatic carbocycles. The third-order valence-electron chi connectivity index (χ3n) is 6.92. The van der Waals surface area contributed by atoms with Gasteiger partial charge in [-0.05, 0) is 59.1 Å². The fourth-order valence-electron chi connectivity index (χ4n) is 5.46. The van der Waals surface area contributed by atoms with Crippen molar-refractivity contribution in [2.45, 2.75) is 70.0 Å². The summed E-state index contributed by atoms with van der Waals surface area (Å²) in [5.74, 6) is 0.491. The summed E-state index contributed by atoms with van der Waals surface area (Å²) in [6.45, 7) is 10.0. The minimum absolute atomic E-state index is 0.0517. The number of anilines is 1. The van der Waals surface area contributed by atoms with Gasteiger partial charge >= 0.3 is 6.09 Å². The second kappa shape index (κ2) is 8.98. The molecule has 3 fully saturated rings. The number of rotatable bonds is 3. The van der Waals surface area contributed by atoms with E-state index in [0.717, 1.165) is 56.4 Å². The Balaban J connectivity index is 1.20. The number of carbonyl (C=O) groups excluding carboxylic acids is 1. The maximum absolute atomic E-state index is 12.7. The highest BCUT2D eigenvalue weighted by Gasteiger charge is 2.43. The van der Waals surface area contributed by atoms with Gasteiger partial charge in [0.1, 0.15) is 29.6 Å². The maximum Gasteiger partial charge on any atom is 0.410 e. The highest BCUT2D eigenvalue weighted by molar-refractivity contribution is 5.86. The average molecular weight is 473 g/mol. The number of nitrogen functional groups attached to an aromatic ring is 1. The number of carbonyl (C=O) groups is 1. The number of fused-ring (bicyclic) bond motifs is 1. The molecule has 0 saturated carbocycles. The van der Waals surface area contributed by atoms with Crippen molar-refractivity contribution in [3.63, 3.8) is 0 Å². The smallest absolute Gasteiger partial charge is 0.410 e. The van der Waals surface area contributed by atoms with Gasteiger partial charge in [0, 0.05) is 25.8 Å². The van der Waals surface area contributed by atoms with Gasteiger partial charge in [-0.25, -0.2) is 14.8 Å². The van der Waals surface area contributed by atoms with E-state index in [1.165, 1.54) is 6.33 Å². The van der Waals surface area contributed by atoms with Crippen LogP contribution in [-0.2, 0) is 14.2 Å². The lowest BCUT2D eigenvalue weighted by atomic mass is 9.90. The van der Waals surface area contributed by atoms with E-state index in [2.05, 4.69) is 19.4 Å². The van der Waals surface area contributed by atoms with Crippen LogP contribution < -0.4 is 5.73 Å². The number of morpholine rings is 1. The van der Waals surface area contributed by atoms with E-state index >= 15 is 0 Å². The Kier molecular flexibility index (Phi) is 6.16. The molecular weight excluding hydrogens is 436 g/mol. The normalized spacial score (nSPS) is 28.6. The van der Waals surface area contributed by atoms with Crippen LogP contribution in [0.4, 0.5) is 10.6 Å². The molecule has 0 radical (unpaired) electrons. The molecule has 186 valence electrons. The third-order valence-corrected chi connectivity index (χ3v) is 6.92. The van der Waals surface area contributed by atoms with Crippen LogP contribution in [0.25, 0.3) is 11.0 Å². The van der Waals surface area contributed by atoms with Crippen LogP contribution in [0.2, 0.25) is 0 Å². The van der Waals surface area contributed by atoms with Gasteiger partial charge in [0.05, 0.1) is 30.2 Å². The minimum atomic E-state index is -0.500. The van der Waals surface area contributed by atoms with E-state index in [0.29, 0.717) is 25.5 Å². The van der Waals surface area contributed by atoms with Crippen LogP contribution in [0.5, 0.6) is 0 Å². The monoisotopic (exact) mass is 472 g/mol. The van der Waals surface area contributed by atoms with E-state index in [1.54, 1.807) is 0 Å². The summed E-state index contributed by atoms with van der Waals surface area (Å²) >= 11 is 0. The summed E-state index contributed by atoms with van der Waals surface area (Å²) < 4.78 is 20.4. The maximum atomic E-state index is 12.7. The minimum Gasteiger partial charge on any atom is -0.444 e. The number of ether oxygens (including phenoxy) is 3. The summed E-state index contributed by atoms with van der Waals surface area (Å²) in [6, 6.07) is 1.95. The zero-order valence-electron chi connectivity index (χ0n) is 20.4. The van der Waals surface area contributed by atoms with Crippen LogP contribution in [0.3, 0.4) is 0 Å². The van der Waals surface area contributed by atoms with Crippen LogP contribution in [0, 0.1) is 0 Å². The summed E-state index contributed by atoms with van der Waals surface area (Å²) in [5, 5.41) is 0.858. The molecule has 2 aromatic rings. The number of hydrogen-bond acceptors (Lipinski definition) is 8. The zero-order chi connectivity index (χ0) is 23.9. The molecule has 3 unspecified atom stereocenters. The van der Waals surface area contributed by atoms with Gasteiger partial charge < -0.3 is 29.4 Å². The molecular formula is C24H36N6O4. The molecule has 1 spiro atoms. The third kappa shape index (κ3) is 4.85. The molecule has 5 rings (SSSR count). The van der Waals surface area contributed by atoms with Crippen LogP contribution in [-0.4, -0.2) is 87.1 Å². The van der Waals surface area contributed by atoms with E-state index in [-0.39, 0.29) is 24.0 Å². The summed E-state index contributed by atoms with van der Waals surface area (Å²) in [7, 11) is 0. The van der Waals surface area contributed by atoms with Crippen molar-refractivity contribution < 1.29 is 19.0 Å². The molecule has 2 aromatic heterocycles. The van der Waals surface area contributed by atoms with E-state index in [9.17, 15) is 4.79 Å².